The molecule has 0 aliphatic carbocycles. The summed E-state index contributed by atoms with van der Waals surface area (Å²) >= 11 is 2.89. The maximum Gasteiger partial charge on any atom is 0.258 e. The number of thiazole rings is 1. The molecular formula is C19H21N3O2S2. The molecule has 1 amide bonds. The van der Waals surface area contributed by atoms with Crippen LogP contribution in [0.1, 0.15) is 35.3 Å². The molecule has 2 heterocycles. The zero-order valence-electron chi connectivity index (χ0n) is 15.0. The van der Waals surface area contributed by atoms with Gasteiger partial charge in [-0.3, -0.25) is 14.0 Å². The van der Waals surface area contributed by atoms with E-state index in [-0.39, 0.29) is 17.5 Å². The van der Waals surface area contributed by atoms with Gasteiger partial charge in [0.2, 0.25) is 5.91 Å². The van der Waals surface area contributed by atoms with Gasteiger partial charge in [0, 0.05) is 23.4 Å². The molecule has 2 aromatic heterocycles. The highest BCUT2D eigenvalue weighted by molar-refractivity contribution is 7.99. The van der Waals surface area contributed by atoms with Crippen LogP contribution in [0, 0.1) is 13.8 Å². The van der Waals surface area contributed by atoms with Gasteiger partial charge in [-0.2, -0.15) is 0 Å². The van der Waals surface area contributed by atoms with Crippen molar-refractivity contribution in [1.29, 1.82) is 0 Å². The molecule has 0 spiro atoms. The number of carbonyl (C=O) groups excluding carboxylic acids is 1. The average Bonchev–Trinajstić information content (AvgIpc) is 3.06. The quantitative estimate of drug-likeness (QED) is 0.703. The number of hydrogen-bond acceptors (Lipinski definition) is 5. The van der Waals surface area contributed by atoms with E-state index in [0.717, 1.165) is 5.56 Å². The Bertz CT molecular complexity index is 994. The van der Waals surface area contributed by atoms with Crippen molar-refractivity contribution in [2.75, 3.05) is 5.75 Å². The van der Waals surface area contributed by atoms with Crippen molar-refractivity contribution in [3.05, 3.63) is 68.6 Å². The number of fused-ring (bicyclic) bond motifs is 1. The molecule has 3 aromatic rings. The fourth-order valence-corrected chi connectivity index (χ4v) is 4.08. The Balaban J connectivity index is 1.53. The Morgan fingerprint density at radius 1 is 1.31 bits per heavy atom. The summed E-state index contributed by atoms with van der Waals surface area (Å²) in [7, 11) is 0. The third-order valence-electron chi connectivity index (χ3n) is 4.25. The first-order valence-electron chi connectivity index (χ1n) is 8.34. The molecule has 0 saturated carbocycles. The molecule has 0 unspecified atom stereocenters. The molecule has 0 bridgehead atoms. The van der Waals surface area contributed by atoms with Gasteiger partial charge in [-0.1, -0.05) is 18.2 Å². The second kappa shape index (κ2) is 8.05. The Labute approximate surface area is 160 Å². The van der Waals surface area contributed by atoms with Gasteiger partial charge < -0.3 is 5.32 Å². The maximum absolute atomic E-state index is 12.2. The average molecular weight is 388 g/mol. The van der Waals surface area contributed by atoms with E-state index < -0.39 is 0 Å². The summed E-state index contributed by atoms with van der Waals surface area (Å²) < 4.78 is 1.52. The molecule has 1 atom stereocenters. The maximum atomic E-state index is 12.2. The van der Waals surface area contributed by atoms with Crippen LogP contribution in [-0.4, -0.2) is 21.0 Å². The normalized spacial score (nSPS) is 12.3. The van der Waals surface area contributed by atoms with E-state index in [0.29, 0.717) is 22.2 Å². The van der Waals surface area contributed by atoms with Crippen LogP contribution in [0.4, 0.5) is 0 Å². The second-order valence-electron chi connectivity index (χ2n) is 6.27. The van der Waals surface area contributed by atoms with Gasteiger partial charge in [0.15, 0.2) is 4.96 Å². The van der Waals surface area contributed by atoms with E-state index in [2.05, 4.69) is 36.3 Å². The van der Waals surface area contributed by atoms with Gasteiger partial charge in [-0.25, -0.2) is 4.98 Å². The van der Waals surface area contributed by atoms with E-state index in [1.807, 2.05) is 18.4 Å². The zero-order chi connectivity index (χ0) is 18.7. The van der Waals surface area contributed by atoms with Crippen LogP contribution in [0.3, 0.4) is 0 Å². The molecule has 26 heavy (non-hydrogen) atoms. The number of amides is 1. The topological polar surface area (TPSA) is 63.5 Å². The highest BCUT2D eigenvalue weighted by Crippen LogP contribution is 2.17. The molecule has 7 heteroatoms. The van der Waals surface area contributed by atoms with E-state index in [1.165, 1.54) is 44.7 Å². The van der Waals surface area contributed by atoms with Crippen molar-refractivity contribution < 1.29 is 4.79 Å². The lowest BCUT2D eigenvalue weighted by atomic mass is 10.0. The first-order valence-corrected chi connectivity index (χ1v) is 10.4. The number of benzene rings is 1. The predicted molar refractivity (Wildman–Crippen MR) is 108 cm³/mol. The van der Waals surface area contributed by atoms with Crippen molar-refractivity contribution in [2.24, 2.45) is 0 Å². The molecule has 0 radical (unpaired) electrons. The molecule has 5 nitrogen and oxygen atoms in total. The number of carbonyl (C=O) groups is 1. The van der Waals surface area contributed by atoms with Crippen molar-refractivity contribution in [3.8, 4) is 0 Å². The molecule has 0 aliphatic heterocycles. The minimum atomic E-state index is -0.0836. The van der Waals surface area contributed by atoms with Crippen molar-refractivity contribution >= 4 is 34.0 Å². The molecule has 1 aromatic carbocycles. The predicted octanol–water partition coefficient (Wildman–Crippen LogP) is 3.48. The number of aryl methyl sites for hydroxylation is 2. The van der Waals surface area contributed by atoms with Crippen LogP contribution < -0.4 is 10.9 Å². The van der Waals surface area contributed by atoms with Crippen LogP contribution in [0.5, 0.6) is 0 Å². The minimum Gasteiger partial charge on any atom is -0.349 e. The number of rotatable bonds is 6. The van der Waals surface area contributed by atoms with Crippen LogP contribution >= 0.6 is 23.1 Å². The van der Waals surface area contributed by atoms with Gasteiger partial charge in [0.25, 0.3) is 5.56 Å². The lowest BCUT2D eigenvalue weighted by molar-refractivity contribution is -0.119. The number of nitrogens with zero attached hydrogens (tertiary/aromatic N) is 2. The van der Waals surface area contributed by atoms with E-state index in [9.17, 15) is 9.59 Å². The summed E-state index contributed by atoms with van der Waals surface area (Å²) in [6.07, 6.45) is 1.72. The first-order chi connectivity index (χ1) is 12.4. The Kier molecular flexibility index (Phi) is 5.78. The smallest absolute Gasteiger partial charge is 0.258 e. The fraction of sp³-hybridized carbons (Fsp3) is 0.316. The van der Waals surface area contributed by atoms with Crippen LogP contribution in [0.2, 0.25) is 0 Å². The Morgan fingerprint density at radius 2 is 2.12 bits per heavy atom. The van der Waals surface area contributed by atoms with Crippen molar-refractivity contribution in [1.82, 2.24) is 14.7 Å². The van der Waals surface area contributed by atoms with Gasteiger partial charge in [0.05, 0.1) is 17.5 Å². The van der Waals surface area contributed by atoms with Gasteiger partial charge in [0.1, 0.15) is 0 Å². The third kappa shape index (κ3) is 4.34. The summed E-state index contributed by atoms with van der Waals surface area (Å²) in [5.41, 5.74) is 4.19. The largest absolute Gasteiger partial charge is 0.349 e. The molecule has 1 N–H and O–H groups in total. The summed E-state index contributed by atoms with van der Waals surface area (Å²) in [6.45, 7) is 6.13. The van der Waals surface area contributed by atoms with Crippen LogP contribution in [-0.2, 0) is 10.5 Å². The van der Waals surface area contributed by atoms with Gasteiger partial charge >= 0.3 is 0 Å². The number of aromatic nitrogens is 2. The molecule has 0 fully saturated rings. The highest BCUT2D eigenvalue weighted by Gasteiger charge is 2.11. The minimum absolute atomic E-state index is 0.0188. The van der Waals surface area contributed by atoms with E-state index in [1.54, 1.807) is 6.20 Å². The van der Waals surface area contributed by atoms with E-state index >= 15 is 0 Å². The SMILES string of the molecule is Cc1ccc([C@@H](C)NC(=O)CSCc2cc(=O)n3ccsc3n2)cc1C. The summed E-state index contributed by atoms with van der Waals surface area (Å²) in [4.78, 5) is 29.3. The van der Waals surface area contributed by atoms with E-state index in [4.69, 9.17) is 0 Å². The standard InChI is InChI=1S/C19H21N3O2S2/c1-12-4-5-15(8-13(12)2)14(3)20-17(23)11-25-10-16-9-18(24)22-6-7-26-19(22)21-16/h4-9,14H,10-11H2,1-3H3,(H,20,23)/t14-/m1/s1. The summed E-state index contributed by atoms with van der Waals surface area (Å²) in [5, 5.41) is 4.86. The number of hydrogen-bond donors (Lipinski definition) is 1. The first kappa shape index (κ1) is 18.7. The van der Waals surface area contributed by atoms with Crippen molar-refractivity contribution in [3.63, 3.8) is 0 Å². The van der Waals surface area contributed by atoms with Gasteiger partial charge in [-0.15, -0.1) is 23.1 Å². The van der Waals surface area contributed by atoms with Crippen LogP contribution in [0.25, 0.3) is 4.96 Å². The summed E-state index contributed by atoms with van der Waals surface area (Å²) in [5.74, 6) is 0.852. The Morgan fingerprint density at radius 3 is 2.88 bits per heavy atom. The highest BCUT2D eigenvalue weighted by atomic mass is 32.2. The monoisotopic (exact) mass is 387 g/mol. The second-order valence-corrected chi connectivity index (χ2v) is 8.13. The molecule has 0 saturated heterocycles. The third-order valence-corrected chi connectivity index (χ3v) is 5.97. The summed E-state index contributed by atoms with van der Waals surface area (Å²) in [6, 6.07) is 7.73. The van der Waals surface area contributed by atoms with Crippen molar-refractivity contribution in [2.45, 2.75) is 32.6 Å². The fourth-order valence-electron chi connectivity index (χ4n) is 2.61. The lowest BCUT2D eigenvalue weighted by Crippen LogP contribution is -2.28. The number of thioether (sulfide) groups is 1. The molecule has 3 rings (SSSR count). The Hall–Kier alpha value is -2.12. The molecular weight excluding hydrogens is 366 g/mol. The van der Waals surface area contributed by atoms with Gasteiger partial charge in [-0.05, 0) is 37.5 Å². The zero-order valence-corrected chi connectivity index (χ0v) is 16.6. The van der Waals surface area contributed by atoms with Crippen LogP contribution in [0.15, 0.2) is 40.6 Å². The lowest BCUT2D eigenvalue weighted by Gasteiger charge is -2.15. The molecule has 0 aliphatic rings. The number of nitrogens with one attached hydrogen (secondary N) is 1. The molecule has 136 valence electrons.